The Bertz CT molecular complexity index is 757. The molecule has 1 aromatic heterocycles. The van der Waals surface area contributed by atoms with Gasteiger partial charge in [0.05, 0.1) is 7.11 Å². The first kappa shape index (κ1) is 16.8. The number of hydrogen-bond donors (Lipinski definition) is 3. The summed E-state index contributed by atoms with van der Waals surface area (Å²) in [4.78, 5) is 27.7. The van der Waals surface area contributed by atoms with Crippen LogP contribution in [0.25, 0.3) is 0 Å². The van der Waals surface area contributed by atoms with Crippen molar-refractivity contribution in [3.8, 4) is 5.88 Å². The zero-order chi connectivity index (χ0) is 17.6. The van der Waals surface area contributed by atoms with Crippen molar-refractivity contribution in [2.24, 2.45) is 5.92 Å². The predicted molar refractivity (Wildman–Crippen MR) is 94.4 cm³/mol. The van der Waals surface area contributed by atoms with E-state index in [0.717, 1.165) is 24.1 Å². The number of nitrogens with zero attached hydrogens (tertiary/aromatic N) is 1. The Balaban J connectivity index is 1.47. The fourth-order valence-electron chi connectivity index (χ4n) is 2.26. The van der Waals surface area contributed by atoms with Gasteiger partial charge in [0, 0.05) is 36.1 Å². The molecule has 0 unspecified atom stereocenters. The van der Waals surface area contributed by atoms with E-state index in [1.54, 1.807) is 49.7 Å². The van der Waals surface area contributed by atoms with Crippen molar-refractivity contribution >= 4 is 23.3 Å². The van der Waals surface area contributed by atoms with Crippen molar-refractivity contribution in [1.82, 2.24) is 10.3 Å². The normalized spacial score (nSPS) is 13.0. The number of urea groups is 1. The number of benzene rings is 1. The molecule has 0 bridgehead atoms. The first-order valence-corrected chi connectivity index (χ1v) is 8.09. The summed E-state index contributed by atoms with van der Waals surface area (Å²) < 4.78 is 5.05. The summed E-state index contributed by atoms with van der Waals surface area (Å²) in [5.74, 6) is 0.727. The van der Waals surface area contributed by atoms with Crippen LogP contribution in [0.4, 0.5) is 16.2 Å². The SMILES string of the molecule is COc1cc(CNC(=O)Nc2ccc(NC(=O)C3CC3)cc2)ccn1. The summed E-state index contributed by atoms with van der Waals surface area (Å²) in [7, 11) is 1.54. The first-order valence-electron chi connectivity index (χ1n) is 8.09. The lowest BCUT2D eigenvalue weighted by molar-refractivity contribution is -0.117. The van der Waals surface area contributed by atoms with Gasteiger partial charge < -0.3 is 20.7 Å². The lowest BCUT2D eigenvalue weighted by Gasteiger charge is -2.09. The van der Waals surface area contributed by atoms with Crippen LogP contribution in [-0.2, 0) is 11.3 Å². The smallest absolute Gasteiger partial charge is 0.319 e. The highest BCUT2D eigenvalue weighted by Crippen LogP contribution is 2.30. The minimum atomic E-state index is -0.314. The number of amides is 3. The number of ether oxygens (including phenoxy) is 1. The van der Waals surface area contributed by atoms with Crippen LogP contribution in [0, 0.1) is 5.92 Å². The maximum absolute atomic E-state index is 12.0. The van der Waals surface area contributed by atoms with Crippen molar-refractivity contribution < 1.29 is 14.3 Å². The summed E-state index contributed by atoms with van der Waals surface area (Å²) in [6, 6.07) is 10.3. The van der Waals surface area contributed by atoms with Gasteiger partial charge >= 0.3 is 6.03 Å². The Morgan fingerprint density at radius 3 is 2.44 bits per heavy atom. The highest BCUT2D eigenvalue weighted by atomic mass is 16.5. The van der Waals surface area contributed by atoms with Gasteiger partial charge in [-0.2, -0.15) is 0 Å². The number of rotatable bonds is 6. The minimum Gasteiger partial charge on any atom is -0.481 e. The summed E-state index contributed by atoms with van der Waals surface area (Å²) in [6.07, 6.45) is 3.56. The van der Waals surface area contributed by atoms with Crippen LogP contribution in [0.5, 0.6) is 5.88 Å². The fourth-order valence-corrected chi connectivity index (χ4v) is 2.26. The molecule has 0 aliphatic heterocycles. The maximum Gasteiger partial charge on any atom is 0.319 e. The van der Waals surface area contributed by atoms with E-state index in [0.29, 0.717) is 18.1 Å². The second-order valence-corrected chi connectivity index (χ2v) is 5.86. The third-order valence-corrected chi connectivity index (χ3v) is 3.82. The van der Waals surface area contributed by atoms with Gasteiger partial charge in [-0.1, -0.05) is 0 Å². The molecule has 1 heterocycles. The van der Waals surface area contributed by atoms with Gasteiger partial charge in [-0.25, -0.2) is 9.78 Å². The number of hydrogen-bond acceptors (Lipinski definition) is 4. The molecular weight excluding hydrogens is 320 g/mol. The van der Waals surface area contributed by atoms with Crippen LogP contribution in [-0.4, -0.2) is 24.0 Å². The molecule has 7 nitrogen and oxygen atoms in total. The highest BCUT2D eigenvalue weighted by Gasteiger charge is 2.29. The molecule has 1 saturated carbocycles. The van der Waals surface area contributed by atoms with Gasteiger partial charge in [-0.05, 0) is 48.7 Å². The third-order valence-electron chi connectivity index (χ3n) is 3.82. The summed E-state index contributed by atoms with van der Waals surface area (Å²) in [5, 5.41) is 8.37. The van der Waals surface area contributed by atoms with Gasteiger partial charge in [0.2, 0.25) is 11.8 Å². The average molecular weight is 340 g/mol. The number of anilines is 2. The zero-order valence-corrected chi connectivity index (χ0v) is 13.9. The van der Waals surface area contributed by atoms with E-state index in [9.17, 15) is 9.59 Å². The molecule has 1 aromatic carbocycles. The van der Waals surface area contributed by atoms with E-state index < -0.39 is 0 Å². The number of carbonyl (C=O) groups is 2. The molecule has 130 valence electrons. The summed E-state index contributed by atoms with van der Waals surface area (Å²) in [5.41, 5.74) is 2.26. The molecule has 3 amide bonds. The van der Waals surface area contributed by atoms with Crippen molar-refractivity contribution in [3.63, 3.8) is 0 Å². The van der Waals surface area contributed by atoms with Gasteiger partial charge in [0.1, 0.15) is 0 Å². The van der Waals surface area contributed by atoms with E-state index >= 15 is 0 Å². The standard InChI is InChI=1S/C18H20N4O3/c1-25-16-10-12(8-9-19-16)11-20-18(24)22-15-6-4-14(5-7-15)21-17(23)13-2-3-13/h4-10,13H,2-3,11H2,1H3,(H,21,23)(H2,20,22,24). The number of pyridine rings is 1. The Hall–Kier alpha value is -3.09. The van der Waals surface area contributed by atoms with Gasteiger partial charge in [0.15, 0.2) is 0 Å². The molecule has 0 atom stereocenters. The van der Waals surface area contributed by atoms with Crippen LogP contribution in [0.1, 0.15) is 18.4 Å². The number of nitrogens with one attached hydrogen (secondary N) is 3. The molecular formula is C18H20N4O3. The lowest BCUT2D eigenvalue weighted by atomic mass is 10.2. The largest absolute Gasteiger partial charge is 0.481 e. The molecule has 2 aromatic rings. The monoisotopic (exact) mass is 340 g/mol. The van der Waals surface area contributed by atoms with E-state index in [2.05, 4.69) is 20.9 Å². The molecule has 1 aliphatic carbocycles. The molecule has 25 heavy (non-hydrogen) atoms. The van der Waals surface area contributed by atoms with Gasteiger partial charge in [-0.15, -0.1) is 0 Å². The number of carbonyl (C=O) groups excluding carboxylic acids is 2. The zero-order valence-electron chi connectivity index (χ0n) is 13.9. The van der Waals surface area contributed by atoms with Crippen molar-refractivity contribution in [3.05, 3.63) is 48.2 Å². The van der Waals surface area contributed by atoms with Crippen LogP contribution in [0.3, 0.4) is 0 Å². The molecule has 3 rings (SSSR count). The molecule has 7 heteroatoms. The van der Waals surface area contributed by atoms with E-state index in [1.165, 1.54) is 0 Å². The second kappa shape index (κ2) is 7.65. The van der Waals surface area contributed by atoms with Gasteiger partial charge in [0.25, 0.3) is 0 Å². The summed E-state index contributed by atoms with van der Waals surface area (Å²) in [6.45, 7) is 0.361. The second-order valence-electron chi connectivity index (χ2n) is 5.86. The molecule has 0 spiro atoms. The van der Waals surface area contributed by atoms with E-state index in [-0.39, 0.29) is 17.9 Å². The van der Waals surface area contributed by atoms with Crippen LogP contribution in [0.15, 0.2) is 42.6 Å². The van der Waals surface area contributed by atoms with Crippen LogP contribution >= 0.6 is 0 Å². The molecule has 0 radical (unpaired) electrons. The lowest BCUT2D eigenvalue weighted by Crippen LogP contribution is -2.28. The Kier molecular flexibility index (Phi) is 5.13. The third kappa shape index (κ3) is 4.94. The van der Waals surface area contributed by atoms with E-state index in [1.807, 2.05) is 0 Å². The first-order chi connectivity index (χ1) is 12.1. The molecule has 3 N–H and O–H groups in total. The minimum absolute atomic E-state index is 0.0613. The highest BCUT2D eigenvalue weighted by molar-refractivity contribution is 5.94. The Morgan fingerprint density at radius 2 is 1.80 bits per heavy atom. The van der Waals surface area contributed by atoms with Crippen molar-refractivity contribution in [2.45, 2.75) is 19.4 Å². The number of aromatic nitrogens is 1. The molecule has 1 aliphatic rings. The van der Waals surface area contributed by atoms with Crippen molar-refractivity contribution in [2.75, 3.05) is 17.7 Å². The Morgan fingerprint density at radius 1 is 1.12 bits per heavy atom. The van der Waals surface area contributed by atoms with E-state index in [4.69, 9.17) is 4.74 Å². The summed E-state index contributed by atoms with van der Waals surface area (Å²) >= 11 is 0. The quantitative estimate of drug-likeness (QED) is 0.754. The predicted octanol–water partition coefficient (Wildman–Crippen LogP) is 2.76. The van der Waals surface area contributed by atoms with Crippen LogP contribution in [0.2, 0.25) is 0 Å². The number of methoxy groups -OCH3 is 1. The van der Waals surface area contributed by atoms with Crippen LogP contribution < -0.4 is 20.7 Å². The molecule has 0 saturated heterocycles. The Labute approximate surface area is 145 Å². The topological polar surface area (TPSA) is 92.4 Å². The van der Waals surface area contributed by atoms with Crippen molar-refractivity contribution in [1.29, 1.82) is 0 Å². The fraction of sp³-hybridized carbons (Fsp3) is 0.278. The maximum atomic E-state index is 12.0. The average Bonchev–Trinajstić information content (AvgIpc) is 3.47. The molecule has 1 fully saturated rings. The van der Waals surface area contributed by atoms with Gasteiger partial charge in [-0.3, -0.25) is 4.79 Å².